The van der Waals surface area contributed by atoms with Crippen LogP contribution >= 0.6 is 15.9 Å². The molecule has 3 rings (SSSR count). The van der Waals surface area contributed by atoms with E-state index in [-0.39, 0.29) is 30.6 Å². The van der Waals surface area contributed by atoms with Crippen LogP contribution in [0.25, 0.3) is 0 Å². The van der Waals surface area contributed by atoms with Gasteiger partial charge < -0.3 is 10.2 Å². The molecule has 3 aromatic carbocycles. The summed E-state index contributed by atoms with van der Waals surface area (Å²) in [7, 11) is -3.96. The van der Waals surface area contributed by atoms with Crippen LogP contribution in [0.1, 0.15) is 31.4 Å². The highest BCUT2D eigenvalue weighted by atomic mass is 79.9. The summed E-state index contributed by atoms with van der Waals surface area (Å²) in [6.07, 6.45) is 1.89. The molecule has 0 aliphatic carbocycles. The summed E-state index contributed by atoms with van der Waals surface area (Å²) in [6, 6.07) is 20.7. The van der Waals surface area contributed by atoms with E-state index in [0.29, 0.717) is 6.42 Å². The Morgan fingerprint density at radius 2 is 1.64 bits per heavy atom. The first-order valence-electron chi connectivity index (χ1n) is 12.6. The molecule has 39 heavy (non-hydrogen) atoms. The zero-order chi connectivity index (χ0) is 28.6. The van der Waals surface area contributed by atoms with Crippen molar-refractivity contribution in [2.45, 2.75) is 45.3 Å². The highest BCUT2D eigenvalue weighted by Crippen LogP contribution is 2.22. The minimum Gasteiger partial charge on any atom is -0.352 e. The summed E-state index contributed by atoms with van der Waals surface area (Å²) in [5.41, 5.74) is 1.64. The van der Waals surface area contributed by atoms with Gasteiger partial charge in [-0.25, -0.2) is 12.8 Å². The predicted octanol–water partition coefficient (Wildman–Crippen LogP) is 4.91. The molecule has 7 nitrogen and oxygen atoms in total. The first-order valence-corrected chi connectivity index (χ1v) is 15.2. The average molecular weight is 619 g/mol. The number of amides is 2. The van der Waals surface area contributed by atoms with Gasteiger partial charge in [0.15, 0.2) is 0 Å². The van der Waals surface area contributed by atoms with Crippen molar-refractivity contribution in [1.82, 2.24) is 10.2 Å². The number of hydrogen-bond acceptors (Lipinski definition) is 4. The summed E-state index contributed by atoms with van der Waals surface area (Å²) in [5, 5.41) is 2.98. The maximum Gasteiger partial charge on any atom is 0.244 e. The molecule has 3 aromatic rings. The van der Waals surface area contributed by atoms with Crippen molar-refractivity contribution in [3.63, 3.8) is 0 Å². The molecule has 0 fully saturated rings. The number of carbonyl (C=O) groups excluding carboxylic acids is 2. The molecule has 0 aliphatic heterocycles. The molecule has 2 unspecified atom stereocenters. The van der Waals surface area contributed by atoms with Crippen LogP contribution < -0.4 is 9.62 Å². The van der Waals surface area contributed by atoms with Crippen LogP contribution in [-0.2, 0) is 32.6 Å². The van der Waals surface area contributed by atoms with Crippen LogP contribution in [0.4, 0.5) is 10.1 Å². The van der Waals surface area contributed by atoms with E-state index in [1.54, 1.807) is 0 Å². The Hall–Kier alpha value is -3.24. The number of nitrogens with zero attached hydrogens (tertiary/aromatic N) is 2. The monoisotopic (exact) mass is 617 g/mol. The molecule has 2 atom stereocenters. The van der Waals surface area contributed by atoms with E-state index in [4.69, 9.17) is 0 Å². The summed E-state index contributed by atoms with van der Waals surface area (Å²) < 4.78 is 41.2. The molecule has 208 valence electrons. The van der Waals surface area contributed by atoms with E-state index < -0.39 is 34.3 Å². The quantitative estimate of drug-likeness (QED) is 0.313. The molecule has 0 heterocycles. The van der Waals surface area contributed by atoms with Crippen molar-refractivity contribution in [2.24, 2.45) is 0 Å². The topological polar surface area (TPSA) is 86.8 Å². The molecular formula is C29H33BrFN3O4S. The molecule has 1 N–H and O–H groups in total. The van der Waals surface area contributed by atoms with Gasteiger partial charge in [-0.05, 0) is 54.8 Å². The van der Waals surface area contributed by atoms with Gasteiger partial charge in [0.2, 0.25) is 21.8 Å². The van der Waals surface area contributed by atoms with Gasteiger partial charge in [-0.15, -0.1) is 0 Å². The molecule has 0 saturated heterocycles. The lowest BCUT2D eigenvalue weighted by Gasteiger charge is -2.34. The normalized spacial score (nSPS) is 12.8. The average Bonchev–Trinajstić information content (AvgIpc) is 2.90. The third-order valence-corrected chi connectivity index (χ3v) is 7.98. The van der Waals surface area contributed by atoms with E-state index in [9.17, 15) is 22.4 Å². The number of carbonyl (C=O) groups is 2. The highest BCUT2D eigenvalue weighted by molar-refractivity contribution is 9.10. The van der Waals surface area contributed by atoms with Gasteiger partial charge in [0.1, 0.15) is 18.4 Å². The van der Waals surface area contributed by atoms with E-state index in [2.05, 4.69) is 21.2 Å². The van der Waals surface area contributed by atoms with Crippen molar-refractivity contribution in [3.05, 3.63) is 100 Å². The van der Waals surface area contributed by atoms with Gasteiger partial charge >= 0.3 is 0 Å². The molecule has 10 heteroatoms. The molecule has 0 saturated carbocycles. The maximum absolute atomic E-state index is 14.0. The van der Waals surface area contributed by atoms with Crippen LogP contribution in [0.3, 0.4) is 0 Å². The standard InChI is InChI=1S/C29H33BrFN3O4S/c1-4-21(2)32-29(36)27(17-22-9-6-5-7-10-22)33(19-23-13-15-24(30)16-14-23)28(35)20-34(39(3,37)38)26-12-8-11-25(31)18-26/h5-16,18,21,27H,4,17,19-20H2,1-3H3,(H,32,36). The Morgan fingerprint density at radius 3 is 2.23 bits per heavy atom. The fourth-order valence-electron chi connectivity index (χ4n) is 4.03. The number of hydrogen-bond donors (Lipinski definition) is 1. The number of nitrogens with one attached hydrogen (secondary N) is 1. The molecule has 0 aliphatic rings. The summed E-state index contributed by atoms with van der Waals surface area (Å²) in [6.45, 7) is 3.30. The largest absolute Gasteiger partial charge is 0.352 e. The van der Waals surface area contributed by atoms with Gasteiger partial charge in [0.25, 0.3) is 0 Å². The second kappa shape index (κ2) is 13.7. The Kier molecular flexibility index (Phi) is 10.7. The van der Waals surface area contributed by atoms with Gasteiger partial charge in [0, 0.05) is 23.5 Å². The summed E-state index contributed by atoms with van der Waals surface area (Å²) in [5.74, 6) is -1.56. The van der Waals surface area contributed by atoms with Crippen LogP contribution in [0.2, 0.25) is 0 Å². The van der Waals surface area contributed by atoms with E-state index in [0.717, 1.165) is 32.2 Å². The second-order valence-corrected chi connectivity index (χ2v) is 12.2. The number of halogens is 2. The predicted molar refractivity (Wildman–Crippen MR) is 155 cm³/mol. The lowest BCUT2D eigenvalue weighted by molar-refractivity contribution is -0.140. The van der Waals surface area contributed by atoms with E-state index in [1.165, 1.54) is 23.1 Å². The summed E-state index contributed by atoms with van der Waals surface area (Å²) in [4.78, 5) is 29.0. The number of benzene rings is 3. The zero-order valence-electron chi connectivity index (χ0n) is 22.2. The van der Waals surface area contributed by atoms with Crippen LogP contribution in [-0.4, -0.2) is 50.0 Å². The van der Waals surface area contributed by atoms with Gasteiger partial charge in [-0.3, -0.25) is 13.9 Å². The van der Waals surface area contributed by atoms with Crippen molar-refractivity contribution in [3.8, 4) is 0 Å². The third kappa shape index (κ3) is 8.90. The lowest BCUT2D eigenvalue weighted by atomic mass is 10.0. The van der Waals surface area contributed by atoms with Crippen LogP contribution in [0, 0.1) is 5.82 Å². The minimum atomic E-state index is -3.96. The first-order chi connectivity index (χ1) is 18.5. The molecule has 0 aromatic heterocycles. The fraction of sp³-hybridized carbons (Fsp3) is 0.310. The van der Waals surface area contributed by atoms with Crippen molar-refractivity contribution >= 4 is 43.5 Å². The Balaban J connectivity index is 2.05. The lowest BCUT2D eigenvalue weighted by Crippen LogP contribution is -2.54. The number of sulfonamides is 1. The van der Waals surface area contributed by atoms with Crippen LogP contribution in [0.15, 0.2) is 83.3 Å². The Bertz CT molecular complexity index is 1370. The van der Waals surface area contributed by atoms with Gasteiger partial charge in [-0.2, -0.15) is 0 Å². The van der Waals surface area contributed by atoms with E-state index >= 15 is 0 Å². The van der Waals surface area contributed by atoms with Crippen molar-refractivity contribution in [2.75, 3.05) is 17.1 Å². The fourth-order valence-corrected chi connectivity index (χ4v) is 5.13. The summed E-state index contributed by atoms with van der Waals surface area (Å²) >= 11 is 3.41. The van der Waals surface area contributed by atoms with Crippen LogP contribution in [0.5, 0.6) is 0 Å². The SMILES string of the molecule is CCC(C)NC(=O)C(Cc1ccccc1)N(Cc1ccc(Br)cc1)C(=O)CN(c1cccc(F)c1)S(C)(=O)=O. The highest BCUT2D eigenvalue weighted by Gasteiger charge is 2.33. The zero-order valence-corrected chi connectivity index (χ0v) is 24.6. The Morgan fingerprint density at radius 1 is 0.974 bits per heavy atom. The van der Waals surface area contributed by atoms with Gasteiger partial charge in [0.05, 0.1) is 11.9 Å². The van der Waals surface area contributed by atoms with Crippen molar-refractivity contribution in [1.29, 1.82) is 0 Å². The first kappa shape index (κ1) is 30.3. The molecule has 0 spiro atoms. The third-order valence-electron chi connectivity index (χ3n) is 6.31. The maximum atomic E-state index is 14.0. The van der Waals surface area contributed by atoms with Gasteiger partial charge in [-0.1, -0.05) is 71.4 Å². The second-order valence-electron chi connectivity index (χ2n) is 9.42. The minimum absolute atomic E-state index is 0.0260. The Labute approximate surface area is 238 Å². The molecule has 0 bridgehead atoms. The number of anilines is 1. The van der Waals surface area contributed by atoms with Crippen molar-refractivity contribution < 1.29 is 22.4 Å². The molecule has 0 radical (unpaired) electrons. The molecular weight excluding hydrogens is 585 g/mol. The smallest absolute Gasteiger partial charge is 0.244 e. The molecule has 2 amide bonds. The van der Waals surface area contributed by atoms with E-state index in [1.807, 2.05) is 68.4 Å². The number of rotatable bonds is 12.